The number of rotatable bonds is 8. The Morgan fingerprint density at radius 2 is 1.92 bits per heavy atom. The second kappa shape index (κ2) is 9.37. The van der Waals surface area contributed by atoms with Crippen LogP contribution >= 0.6 is 11.6 Å². The molecule has 0 aromatic heterocycles. The molecule has 2 rings (SSSR count). The van der Waals surface area contributed by atoms with Gasteiger partial charge in [0.15, 0.2) is 5.96 Å². The first-order chi connectivity index (χ1) is 11.6. The van der Waals surface area contributed by atoms with Gasteiger partial charge in [0.05, 0.1) is 6.54 Å². The first-order valence-corrected chi connectivity index (χ1v) is 8.60. The fourth-order valence-electron chi connectivity index (χ4n) is 2.10. The maximum atomic E-state index is 11.5. The Kier molecular flexibility index (Phi) is 7.18. The Balaban J connectivity index is 1.61. The van der Waals surface area contributed by atoms with Gasteiger partial charge >= 0.3 is 0 Å². The number of amides is 1. The van der Waals surface area contributed by atoms with Crippen LogP contribution in [0.5, 0.6) is 5.75 Å². The van der Waals surface area contributed by atoms with E-state index in [9.17, 15) is 4.79 Å². The number of nitrogens with zero attached hydrogens (tertiary/aromatic N) is 1. The first kappa shape index (κ1) is 18.4. The Hall–Kier alpha value is -1.95. The molecule has 1 aromatic rings. The summed E-state index contributed by atoms with van der Waals surface area (Å²) in [5, 5.41) is 9.95. The molecule has 1 aromatic carbocycles. The molecule has 3 N–H and O–H groups in total. The van der Waals surface area contributed by atoms with E-state index >= 15 is 0 Å². The smallest absolute Gasteiger partial charge is 0.223 e. The Morgan fingerprint density at radius 1 is 1.25 bits per heavy atom. The number of hydrogen-bond acceptors (Lipinski definition) is 3. The molecular weight excluding hydrogens is 328 g/mol. The fraction of sp³-hybridized carbons (Fsp3) is 0.529. The molecule has 1 saturated carbocycles. The summed E-state index contributed by atoms with van der Waals surface area (Å²) in [5.41, 5.74) is 0. The van der Waals surface area contributed by atoms with Crippen molar-refractivity contribution in [2.75, 3.05) is 26.7 Å². The molecule has 1 aliphatic carbocycles. The van der Waals surface area contributed by atoms with Crippen molar-refractivity contribution in [3.8, 4) is 5.75 Å². The minimum atomic E-state index is -0.0284. The fourth-order valence-corrected chi connectivity index (χ4v) is 2.23. The van der Waals surface area contributed by atoms with Crippen molar-refractivity contribution in [2.45, 2.75) is 25.9 Å². The second-order valence-electron chi connectivity index (χ2n) is 5.83. The number of nitrogens with one attached hydrogen (secondary N) is 3. The zero-order valence-electron chi connectivity index (χ0n) is 14.1. The highest BCUT2D eigenvalue weighted by Gasteiger charge is 2.28. The molecule has 1 fully saturated rings. The number of hydrogen-bond donors (Lipinski definition) is 3. The standard InChI is InChI=1S/C17H25ClN4O2/c1-12(24-15-7-5-14(18)6-8-15)11-22-17(19-2)21-10-9-20-16(23)13-3-4-13/h5-8,12-13H,3-4,9-11H2,1-2H3,(H,20,23)(H2,19,21,22). The molecule has 0 saturated heterocycles. The quantitative estimate of drug-likeness (QED) is 0.379. The predicted molar refractivity (Wildman–Crippen MR) is 96.6 cm³/mol. The molecule has 0 heterocycles. The number of halogens is 1. The topological polar surface area (TPSA) is 74.8 Å². The monoisotopic (exact) mass is 352 g/mol. The molecule has 0 aliphatic heterocycles. The van der Waals surface area contributed by atoms with Gasteiger partial charge in [-0.05, 0) is 44.0 Å². The lowest BCUT2D eigenvalue weighted by Crippen LogP contribution is -2.44. The predicted octanol–water partition coefficient (Wildman–Crippen LogP) is 1.80. The largest absolute Gasteiger partial charge is 0.489 e. The van der Waals surface area contributed by atoms with Gasteiger partial charge in [0.25, 0.3) is 0 Å². The molecule has 1 amide bonds. The SMILES string of the molecule is CN=C(NCCNC(=O)C1CC1)NCC(C)Oc1ccc(Cl)cc1. The van der Waals surface area contributed by atoms with E-state index in [0.717, 1.165) is 18.6 Å². The number of carbonyl (C=O) groups is 1. The van der Waals surface area contributed by atoms with Crippen LogP contribution < -0.4 is 20.7 Å². The number of benzene rings is 1. The number of carbonyl (C=O) groups excluding carboxylic acids is 1. The van der Waals surface area contributed by atoms with E-state index in [1.165, 1.54) is 0 Å². The second-order valence-corrected chi connectivity index (χ2v) is 6.26. The van der Waals surface area contributed by atoms with E-state index in [0.29, 0.717) is 30.6 Å². The number of aliphatic imine (C=N–C) groups is 1. The third-order valence-corrected chi connectivity index (χ3v) is 3.85. The van der Waals surface area contributed by atoms with E-state index < -0.39 is 0 Å². The zero-order chi connectivity index (χ0) is 17.4. The summed E-state index contributed by atoms with van der Waals surface area (Å²) in [7, 11) is 1.71. The lowest BCUT2D eigenvalue weighted by atomic mass is 10.3. The molecule has 24 heavy (non-hydrogen) atoms. The maximum absolute atomic E-state index is 11.5. The van der Waals surface area contributed by atoms with Gasteiger partial charge in [0.1, 0.15) is 11.9 Å². The zero-order valence-corrected chi connectivity index (χ0v) is 14.9. The van der Waals surface area contributed by atoms with Crippen LogP contribution in [0.4, 0.5) is 0 Å². The Bertz CT molecular complexity index is 558. The van der Waals surface area contributed by atoms with Gasteiger partial charge in [0.2, 0.25) is 5.91 Å². The van der Waals surface area contributed by atoms with Crippen LogP contribution in [0.25, 0.3) is 0 Å². The van der Waals surface area contributed by atoms with Crippen molar-refractivity contribution in [1.82, 2.24) is 16.0 Å². The van der Waals surface area contributed by atoms with Crippen molar-refractivity contribution in [2.24, 2.45) is 10.9 Å². The molecular formula is C17H25ClN4O2. The number of guanidine groups is 1. The van der Waals surface area contributed by atoms with Crippen molar-refractivity contribution in [1.29, 1.82) is 0 Å². The van der Waals surface area contributed by atoms with Crippen LogP contribution in [0.1, 0.15) is 19.8 Å². The van der Waals surface area contributed by atoms with Crippen LogP contribution in [0.2, 0.25) is 5.02 Å². The van der Waals surface area contributed by atoms with Crippen molar-refractivity contribution in [3.63, 3.8) is 0 Å². The lowest BCUT2D eigenvalue weighted by Gasteiger charge is -2.18. The maximum Gasteiger partial charge on any atom is 0.223 e. The van der Waals surface area contributed by atoms with Gasteiger partial charge in [-0.3, -0.25) is 9.79 Å². The van der Waals surface area contributed by atoms with E-state index in [1.807, 2.05) is 19.1 Å². The summed E-state index contributed by atoms with van der Waals surface area (Å²) >= 11 is 5.85. The molecule has 0 radical (unpaired) electrons. The van der Waals surface area contributed by atoms with E-state index in [-0.39, 0.29) is 17.9 Å². The molecule has 1 aliphatic rings. The molecule has 1 atom stereocenters. The minimum Gasteiger partial charge on any atom is -0.489 e. The summed E-state index contributed by atoms with van der Waals surface area (Å²) in [6.45, 7) is 3.80. The van der Waals surface area contributed by atoms with Crippen LogP contribution in [-0.4, -0.2) is 44.7 Å². The Labute approximate surface area is 148 Å². The number of ether oxygens (including phenoxy) is 1. The van der Waals surface area contributed by atoms with E-state index in [4.69, 9.17) is 16.3 Å². The average molecular weight is 353 g/mol. The molecule has 7 heteroatoms. The van der Waals surface area contributed by atoms with Gasteiger partial charge < -0.3 is 20.7 Å². The molecule has 1 unspecified atom stereocenters. The third-order valence-electron chi connectivity index (χ3n) is 3.60. The normalized spacial score (nSPS) is 15.5. The highest BCUT2D eigenvalue weighted by molar-refractivity contribution is 6.30. The summed E-state index contributed by atoms with van der Waals surface area (Å²) in [6.07, 6.45) is 2.02. The molecule has 6 nitrogen and oxygen atoms in total. The van der Waals surface area contributed by atoms with E-state index in [2.05, 4.69) is 20.9 Å². The van der Waals surface area contributed by atoms with Gasteiger partial charge in [0, 0.05) is 31.1 Å². The highest BCUT2D eigenvalue weighted by atomic mass is 35.5. The molecule has 0 spiro atoms. The minimum absolute atomic E-state index is 0.0284. The van der Waals surface area contributed by atoms with Crippen molar-refractivity contribution in [3.05, 3.63) is 29.3 Å². The van der Waals surface area contributed by atoms with Gasteiger partial charge in [-0.15, -0.1) is 0 Å². The summed E-state index contributed by atoms with van der Waals surface area (Å²) in [6, 6.07) is 7.28. The van der Waals surface area contributed by atoms with Gasteiger partial charge in [-0.25, -0.2) is 0 Å². The molecule has 132 valence electrons. The van der Waals surface area contributed by atoms with Crippen molar-refractivity contribution < 1.29 is 9.53 Å². The Morgan fingerprint density at radius 3 is 2.54 bits per heavy atom. The van der Waals surface area contributed by atoms with Crippen LogP contribution in [-0.2, 0) is 4.79 Å². The average Bonchev–Trinajstić information content (AvgIpc) is 3.41. The summed E-state index contributed by atoms with van der Waals surface area (Å²) in [4.78, 5) is 15.7. The summed E-state index contributed by atoms with van der Waals surface area (Å²) < 4.78 is 5.79. The van der Waals surface area contributed by atoms with Gasteiger partial charge in [-0.1, -0.05) is 11.6 Å². The van der Waals surface area contributed by atoms with Crippen LogP contribution in [0.15, 0.2) is 29.3 Å². The van der Waals surface area contributed by atoms with Crippen LogP contribution in [0.3, 0.4) is 0 Å². The van der Waals surface area contributed by atoms with Gasteiger partial charge in [-0.2, -0.15) is 0 Å². The van der Waals surface area contributed by atoms with Crippen molar-refractivity contribution >= 4 is 23.5 Å². The third kappa shape index (κ3) is 6.66. The lowest BCUT2D eigenvalue weighted by molar-refractivity contribution is -0.122. The molecule has 0 bridgehead atoms. The first-order valence-electron chi connectivity index (χ1n) is 8.23. The summed E-state index contributed by atoms with van der Waals surface area (Å²) in [5.74, 6) is 1.86. The van der Waals surface area contributed by atoms with Crippen LogP contribution in [0, 0.1) is 5.92 Å². The van der Waals surface area contributed by atoms with E-state index in [1.54, 1.807) is 19.2 Å². The highest BCUT2D eigenvalue weighted by Crippen LogP contribution is 2.28.